The van der Waals surface area contributed by atoms with Crippen molar-refractivity contribution in [1.82, 2.24) is 0 Å². The van der Waals surface area contributed by atoms with Gasteiger partial charge >= 0.3 is 11.9 Å². The lowest BCUT2D eigenvalue weighted by Gasteiger charge is -2.44. The molecule has 0 heterocycles. The van der Waals surface area contributed by atoms with Crippen LogP contribution < -0.4 is 5.73 Å². The summed E-state index contributed by atoms with van der Waals surface area (Å²) < 4.78 is 5.25. The summed E-state index contributed by atoms with van der Waals surface area (Å²) in [5.74, 6) is -2.79. The number of carboxylic acids is 1. The van der Waals surface area contributed by atoms with Gasteiger partial charge in [0.05, 0.1) is 6.61 Å². The van der Waals surface area contributed by atoms with Crippen LogP contribution in [-0.2, 0) is 19.7 Å². The van der Waals surface area contributed by atoms with Gasteiger partial charge in [0.25, 0.3) is 0 Å². The van der Waals surface area contributed by atoms with E-state index in [9.17, 15) is 14.7 Å². The predicted octanol–water partition coefficient (Wildman–Crippen LogP) is 3.64. The molecule has 0 bridgehead atoms. The zero-order valence-electron chi connectivity index (χ0n) is 16.4. The first kappa shape index (κ1) is 19.0. The van der Waals surface area contributed by atoms with E-state index in [1.165, 1.54) is 12.2 Å². The number of rotatable bonds is 4. The second-order valence-electron chi connectivity index (χ2n) is 7.67. The van der Waals surface area contributed by atoms with Crippen molar-refractivity contribution < 1.29 is 19.4 Å². The molecule has 3 N–H and O–H groups in total. The van der Waals surface area contributed by atoms with Crippen molar-refractivity contribution in [3.8, 4) is 11.1 Å². The van der Waals surface area contributed by atoms with E-state index in [-0.39, 0.29) is 6.61 Å². The molecule has 0 radical (unpaired) electrons. The Morgan fingerprint density at radius 2 is 1.62 bits per heavy atom. The summed E-state index contributed by atoms with van der Waals surface area (Å²) in [5.41, 5.74) is 7.91. The molecule has 148 valence electrons. The summed E-state index contributed by atoms with van der Waals surface area (Å²) in [5, 5.41) is 10.3. The maximum absolute atomic E-state index is 13.1. The van der Waals surface area contributed by atoms with E-state index >= 15 is 0 Å². The molecule has 5 nitrogen and oxygen atoms in total. The Morgan fingerprint density at radius 3 is 2.14 bits per heavy atom. The molecule has 0 fully saturated rings. The van der Waals surface area contributed by atoms with Crippen LogP contribution in [-0.4, -0.2) is 23.7 Å². The Kier molecular flexibility index (Phi) is 4.34. The number of ether oxygens (including phenoxy) is 1. The van der Waals surface area contributed by atoms with Crippen LogP contribution in [0.1, 0.15) is 25.0 Å². The Labute approximate surface area is 169 Å². The van der Waals surface area contributed by atoms with Gasteiger partial charge in [0, 0.05) is 17.0 Å². The SMILES string of the molecule is CCOC(=O)C1(C(=O)O)C=CC(N)=CC1C1(C)c2ccccc2-c2ccccc21. The van der Waals surface area contributed by atoms with Crippen molar-refractivity contribution in [2.45, 2.75) is 19.3 Å². The van der Waals surface area contributed by atoms with Crippen LogP contribution in [0, 0.1) is 11.3 Å². The number of carbonyl (C=O) groups is 2. The second kappa shape index (κ2) is 6.62. The quantitative estimate of drug-likeness (QED) is 0.616. The maximum Gasteiger partial charge on any atom is 0.328 e. The molecule has 2 aliphatic rings. The molecular weight excluding hydrogens is 366 g/mol. The first-order valence-electron chi connectivity index (χ1n) is 9.64. The summed E-state index contributed by atoms with van der Waals surface area (Å²) in [6.07, 6.45) is 4.57. The van der Waals surface area contributed by atoms with Crippen molar-refractivity contribution in [2.75, 3.05) is 6.61 Å². The monoisotopic (exact) mass is 389 g/mol. The van der Waals surface area contributed by atoms with Gasteiger partial charge < -0.3 is 15.6 Å². The molecule has 2 aromatic carbocycles. The lowest BCUT2D eigenvalue weighted by Crippen LogP contribution is -2.53. The van der Waals surface area contributed by atoms with Crippen LogP contribution in [0.4, 0.5) is 0 Å². The fourth-order valence-electron chi connectivity index (χ4n) is 4.89. The molecule has 0 aromatic heterocycles. The van der Waals surface area contributed by atoms with E-state index in [2.05, 4.69) is 0 Å². The third-order valence-electron chi connectivity index (χ3n) is 6.24. The Bertz CT molecular complexity index is 1020. The number of carbonyl (C=O) groups excluding carboxylic acids is 1. The average molecular weight is 389 g/mol. The summed E-state index contributed by atoms with van der Waals surface area (Å²) in [4.78, 5) is 25.7. The van der Waals surface area contributed by atoms with E-state index in [1.807, 2.05) is 55.5 Å². The molecule has 29 heavy (non-hydrogen) atoms. The molecule has 2 unspecified atom stereocenters. The van der Waals surface area contributed by atoms with Crippen LogP contribution in [0.15, 0.2) is 72.5 Å². The van der Waals surface area contributed by atoms with Crippen molar-refractivity contribution in [1.29, 1.82) is 0 Å². The number of benzene rings is 2. The number of aliphatic carboxylic acids is 1. The van der Waals surface area contributed by atoms with Crippen LogP contribution in [0.2, 0.25) is 0 Å². The molecule has 4 rings (SSSR count). The zero-order chi connectivity index (χ0) is 20.8. The number of nitrogens with two attached hydrogens (primary N) is 1. The second-order valence-corrected chi connectivity index (χ2v) is 7.67. The van der Waals surface area contributed by atoms with Gasteiger partial charge in [0.2, 0.25) is 0 Å². The van der Waals surface area contributed by atoms with Crippen molar-refractivity contribution in [3.05, 3.63) is 83.6 Å². The molecular formula is C24H23NO4. The van der Waals surface area contributed by atoms with Crippen LogP contribution >= 0.6 is 0 Å². The third-order valence-corrected chi connectivity index (χ3v) is 6.24. The smallest absolute Gasteiger partial charge is 0.328 e. The highest BCUT2D eigenvalue weighted by atomic mass is 16.5. The largest absolute Gasteiger partial charge is 0.480 e. The van der Waals surface area contributed by atoms with Gasteiger partial charge in [-0.05, 0) is 35.3 Å². The molecule has 2 atom stereocenters. The van der Waals surface area contributed by atoms with Crippen LogP contribution in [0.25, 0.3) is 11.1 Å². The molecule has 0 saturated heterocycles. The molecule has 2 aromatic rings. The van der Waals surface area contributed by atoms with E-state index in [4.69, 9.17) is 10.5 Å². The minimum Gasteiger partial charge on any atom is -0.480 e. The van der Waals surface area contributed by atoms with E-state index in [1.54, 1.807) is 13.0 Å². The summed E-state index contributed by atoms with van der Waals surface area (Å²) in [7, 11) is 0. The third kappa shape index (κ3) is 2.47. The average Bonchev–Trinajstić information content (AvgIpc) is 2.98. The van der Waals surface area contributed by atoms with Crippen LogP contribution in [0.5, 0.6) is 0 Å². The molecule has 0 spiro atoms. The highest BCUT2D eigenvalue weighted by molar-refractivity contribution is 6.03. The first-order valence-corrected chi connectivity index (χ1v) is 9.64. The lowest BCUT2D eigenvalue weighted by atomic mass is 9.57. The van der Waals surface area contributed by atoms with Gasteiger partial charge in [-0.25, -0.2) is 0 Å². The molecule has 0 amide bonds. The van der Waals surface area contributed by atoms with Gasteiger partial charge in [0.1, 0.15) is 0 Å². The number of carboxylic acid groups (broad SMARTS) is 1. The van der Waals surface area contributed by atoms with Crippen LogP contribution in [0.3, 0.4) is 0 Å². The van der Waals surface area contributed by atoms with Gasteiger partial charge in [0.15, 0.2) is 5.41 Å². The van der Waals surface area contributed by atoms with Gasteiger partial charge in [-0.1, -0.05) is 67.6 Å². The summed E-state index contributed by atoms with van der Waals surface area (Å²) in [6.45, 7) is 3.75. The number of fused-ring (bicyclic) bond motifs is 3. The normalized spacial score (nSPS) is 23.7. The van der Waals surface area contributed by atoms with Gasteiger partial charge in [-0.3, -0.25) is 9.59 Å². The highest BCUT2D eigenvalue weighted by Crippen LogP contribution is 2.58. The maximum atomic E-state index is 13.1. The first-order chi connectivity index (χ1) is 13.9. The molecule has 0 aliphatic heterocycles. The molecule has 5 heteroatoms. The van der Waals surface area contributed by atoms with Crippen molar-refractivity contribution in [2.24, 2.45) is 17.1 Å². The van der Waals surface area contributed by atoms with E-state index in [0.717, 1.165) is 22.3 Å². The topological polar surface area (TPSA) is 89.6 Å². The number of hydrogen-bond acceptors (Lipinski definition) is 4. The Balaban J connectivity index is 2.04. The minimum atomic E-state index is -1.88. The molecule has 2 aliphatic carbocycles. The number of hydrogen-bond donors (Lipinski definition) is 2. The minimum absolute atomic E-state index is 0.0948. The van der Waals surface area contributed by atoms with Gasteiger partial charge in [-0.15, -0.1) is 0 Å². The lowest BCUT2D eigenvalue weighted by molar-refractivity contribution is -0.168. The van der Waals surface area contributed by atoms with Crippen molar-refractivity contribution in [3.63, 3.8) is 0 Å². The Morgan fingerprint density at radius 1 is 1.07 bits per heavy atom. The summed E-state index contributed by atoms with van der Waals surface area (Å²) in [6, 6.07) is 15.8. The number of allylic oxidation sites excluding steroid dienone is 2. The zero-order valence-corrected chi connectivity index (χ0v) is 16.4. The summed E-state index contributed by atoms with van der Waals surface area (Å²) >= 11 is 0. The van der Waals surface area contributed by atoms with E-state index < -0.39 is 28.7 Å². The predicted molar refractivity (Wildman–Crippen MR) is 110 cm³/mol. The standard InChI is InChI=1S/C24H23NO4/c1-3-29-22(28)24(21(26)27)13-12-15(25)14-20(24)23(2)18-10-6-4-8-16(18)17-9-5-7-11-19(17)23/h4-14,20H,3,25H2,1-2H3,(H,26,27). The van der Waals surface area contributed by atoms with E-state index in [0.29, 0.717) is 5.70 Å². The molecule has 0 saturated carbocycles. The van der Waals surface area contributed by atoms with Gasteiger partial charge in [-0.2, -0.15) is 0 Å². The highest BCUT2D eigenvalue weighted by Gasteiger charge is 2.61. The fraction of sp³-hybridized carbons (Fsp3) is 0.250. The fourth-order valence-corrected chi connectivity index (χ4v) is 4.89. The Hall–Kier alpha value is -3.34. The van der Waals surface area contributed by atoms with Crippen molar-refractivity contribution >= 4 is 11.9 Å². The number of esters is 1.